The Labute approximate surface area is 213 Å². The molecule has 0 radical (unpaired) electrons. The quantitative estimate of drug-likeness (QED) is 0.370. The lowest BCUT2D eigenvalue weighted by atomic mass is 9.91. The van der Waals surface area contributed by atoms with Crippen LogP contribution in [0.4, 0.5) is 5.69 Å². The van der Waals surface area contributed by atoms with Crippen LogP contribution in [-0.2, 0) is 19.3 Å². The first-order valence-corrected chi connectivity index (χ1v) is 13.3. The van der Waals surface area contributed by atoms with E-state index >= 15 is 0 Å². The number of hydrogen-bond acceptors (Lipinski definition) is 4. The number of nitrogens with zero attached hydrogens (tertiary/aromatic N) is 3. The zero-order chi connectivity index (χ0) is 25.6. The van der Waals surface area contributed by atoms with Gasteiger partial charge in [0.25, 0.3) is 0 Å². The minimum absolute atomic E-state index is 0.835. The van der Waals surface area contributed by atoms with Gasteiger partial charge in [-0.15, -0.1) is 0 Å². The van der Waals surface area contributed by atoms with Crippen molar-refractivity contribution in [2.24, 2.45) is 5.92 Å². The molecule has 1 atom stereocenters. The van der Waals surface area contributed by atoms with Crippen LogP contribution in [0.2, 0.25) is 0 Å². The van der Waals surface area contributed by atoms with Gasteiger partial charge >= 0.3 is 0 Å². The molecular formula is C31H44N4. The molecular weight excluding hydrogens is 428 g/mol. The first kappa shape index (κ1) is 28.3. The van der Waals surface area contributed by atoms with Crippen molar-refractivity contribution in [1.29, 1.82) is 5.26 Å². The summed E-state index contributed by atoms with van der Waals surface area (Å²) in [5.41, 5.74) is 13.5. The predicted molar refractivity (Wildman–Crippen MR) is 151 cm³/mol. The molecule has 4 heteroatoms. The molecule has 4 rings (SSSR count). The second kappa shape index (κ2) is 15.2. The van der Waals surface area contributed by atoms with Crippen molar-refractivity contribution in [2.45, 2.75) is 72.6 Å². The van der Waals surface area contributed by atoms with Gasteiger partial charge in [-0.1, -0.05) is 51.5 Å². The highest BCUT2D eigenvalue weighted by atomic mass is 15.1. The Morgan fingerprint density at radius 3 is 2.51 bits per heavy atom. The Bertz CT molecular complexity index is 1080. The van der Waals surface area contributed by atoms with E-state index in [0.717, 1.165) is 42.8 Å². The van der Waals surface area contributed by atoms with Gasteiger partial charge in [0.15, 0.2) is 0 Å². The van der Waals surface area contributed by atoms with Crippen LogP contribution in [0, 0.1) is 17.2 Å². The number of rotatable bonds is 7. The molecule has 1 aliphatic heterocycles. The fraction of sp³-hybridized carbons (Fsp3) is 0.484. The summed E-state index contributed by atoms with van der Waals surface area (Å²) in [7, 11) is 2.25. The Balaban J connectivity index is 0.000000803. The normalized spacial score (nSPS) is 15.4. The van der Waals surface area contributed by atoms with E-state index in [-0.39, 0.29) is 0 Å². The molecule has 2 aromatic carbocycles. The van der Waals surface area contributed by atoms with Crippen LogP contribution in [0.5, 0.6) is 0 Å². The van der Waals surface area contributed by atoms with E-state index < -0.39 is 0 Å². The molecule has 2 N–H and O–H groups in total. The van der Waals surface area contributed by atoms with Gasteiger partial charge in [0, 0.05) is 30.7 Å². The summed E-state index contributed by atoms with van der Waals surface area (Å²) in [6.07, 6.45) is 10.2. The number of aromatic nitrogens is 1. The molecule has 1 aliphatic rings. The van der Waals surface area contributed by atoms with E-state index in [1.54, 1.807) is 6.07 Å². The van der Waals surface area contributed by atoms with E-state index in [1.165, 1.54) is 66.9 Å². The average molecular weight is 473 g/mol. The highest BCUT2D eigenvalue weighted by Crippen LogP contribution is 2.25. The summed E-state index contributed by atoms with van der Waals surface area (Å²) in [5, 5.41) is 8.59. The summed E-state index contributed by atoms with van der Waals surface area (Å²) in [4.78, 5) is 7.16. The standard InChI is InChI=1S/C27H35N3.C2H3N.C2H6/c1-3-5-24-17-22(10-12-26(24)28)16-23-13-14-29-27-18-20(9-11-25(23)27)7-8-21-6-4-15-30(2)19-21;1-2-3;1-2/h9-14,17-18,21H,3-8,15-16,19,28H2,1-2H3;1H3;1-2H3. The number of piperidine rings is 1. The second-order valence-corrected chi connectivity index (χ2v) is 9.31. The summed E-state index contributed by atoms with van der Waals surface area (Å²) in [6, 6.07) is 17.3. The Hall–Kier alpha value is -2.90. The second-order valence-electron chi connectivity index (χ2n) is 9.31. The van der Waals surface area contributed by atoms with Crippen molar-refractivity contribution in [3.63, 3.8) is 0 Å². The Morgan fingerprint density at radius 2 is 1.80 bits per heavy atom. The zero-order valence-electron chi connectivity index (χ0n) is 22.5. The van der Waals surface area contributed by atoms with Gasteiger partial charge in [0.05, 0.1) is 11.6 Å². The number of benzene rings is 2. The number of nitriles is 1. The molecule has 0 bridgehead atoms. The molecule has 1 aromatic heterocycles. The van der Waals surface area contributed by atoms with Gasteiger partial charge < -0.3 is 10.6 Å². The van der Waals surface area contributed by atoms with E-state index in [9.17, 15) is 0 Å². The third kappa shape index (κ3) is 8.67. The smallest absolute Gasteiger partial charge is 0.0707 e. The molecule has 0 aliphatic carbocycles. The molecule has 1 unspecified atom stereocenters. The highest BCUT2D eigenvalue weighted by Gasteiger charge is 2.17. The number of anilines is 1. The maximum absolute atomic E-state index is 7.32. The first-order chi connectivity index (χ1) is 17.0. The van der Waals surface area contributed by atoms with Crippen LogP contribution in [0.3, 0.4) is 0 Å². The van der Waals surface area contributed by atoms with Crippen molar-refractivity contribution in [3.8, 4) is 6.07 Å². The van der Waals surface area contributed by atoms with Gasteiger partial charge in [0.2, 0.25) is 0 Å². The van der Waals surface area contributed by atoms with E-state index in [0.29, 0.717) is 0 Å². The molecule has 1 fully saturated rings. The fourth-order valence-electron chi connectivity index (χ4n) is 4.92. The van der Waals surface area contributed by atoms with E-state index in [1.807, 2.05) is 20.0 Å². The summed E-state index contributed by atoms with van der Waals surface area (Å²) in [5.74, 6) is 0.835. The van der Waals surface area contributed by atoms with Crippen molar-refractivity contribution in [3.05, 3.63) is 70.9 Å². The summed E-state index contributed by atoms with van der Waals surface area (Å²) >= 11 is 0. The zero-order valence-corrected chi connectivity index (χ0v) is 22.5. The molecule has 0 amide bonds. The van der Waals surface area contributed by atoms with E-state index in [4.69, 9.17) is 11.0 Å². The maximum atomic E-state index is 7.32. The minimum atomic E-state index is 0.835. The lowest BCUT2D eigenvalue weighted by molar-refractivity contribution is 0.202. The number of fused-ring (bicyclic) bond motifs is 1. The summed E-state index contributed by atoms with van der Waals surface area (Å²) < 4.78 is 0. The van der Waals surface area contributed by atoms with Crippen molar-refractivity contribution >= 4 is 16.6 Å². The third-order valence-corrected chi connectivity index (χ3v) is 6.58. The number of likely N-dealkylation sites (tertiary alicyclic amines) is 1. The monoisotopic (exact) mass is 472 g/mol. The van der Waals surface area contributed by atoms with Crippen LogP contribution < -0.4 is 5.73 Å². The van der Waals surface area contributed by atoms with Crippen LogP contribution in [0.25, 0.3) is 10.9 Å². The SMILES string of the molecule is CC.CC#N.CCCc1cc(Cc2ccnc3cc(CCC4CCCN(C)C4)ccc23)ccc1N. The van der Waals surface area contributed by atoms with E-state index in [2.05, 4.69) is 66.3 Å². The van der Waals surface area contributed by atoms with Gasteiger partial charge in [0.1, 0.15) is 0 Å². The van der Waals surface area contributed by atoms with Crippen molar-refractivity contribution in [1.82, 2.24) is 9.88 Å². The number of hydrogen-bond donors (Lipinski definition) is 1. The summed E-state index contributed by atoms with van der Waals surface area (Å²) in [6.45, 7) is 10.1. The van der Waals surface area contributed by atoms with Crippen LogP contribution >= 0.6 is 0 Å². The fourth-order valence-corrected chi connectivity index (χ4v) is 4.92. The number of pyridine rings is 1. The molecule has 0 saturated carbocycles. The van der Waals surface area contributed by atoms with Gasteiger partial charge in [-0.25, -0.2) is 0 Å². The Kier molecular flexibility index (Phi) is 12.3. The van der Waals surface area contributed by atoms with Gasteiger partial charge in [-0.3, -0.25) is 4.98 Å². The molecule has 1 saturated heterocycles. The number of nitrogens with two attached hydrogens (primary N) is 1. The molecule has 188 valence electrons. The lowest BCUT2D eigenvalue weighted by Crippen LogP contribution is -2.32. The van der Waals surface area contributed by atoms with Crippen LogP contribution in [0.15, 0.2) is 48.7 Å². The predicted octanol–water partition coefficient (Wildman–Crippen LogP) is 7.19. The van der Waals surface area contributed by atoms with Gasteiger partial charge in [-0.05, 0) is 98.5 Å². The number of nitrogen functional groups attached to an aromatic ring is 1. The topological polar surface area (TPSA) is 65.9 Å². The van der Waals surface area contributed by atoms with Crippen LogP contribution in [0.1, 0.15) is 75.6 Å². The lowest BCUT2D eigenvalue weighted by Gasteiger charge is -2.29. The van der Waals surface area contributed by atoms with Crippen molar-refractivity contribution < 1.29 is 0 Å². The van der Waals surface area contributed by atoms with Gasteiger partial charge in [-0.2, -0.15) is 5.26 Å². The molecule has 35 heavy (non-hydrogen) atoms. The molecule has 0 spiro atoms. The third-order valence-electron chi connectivity index (χ3n) is 6.58. The molecule has 2 heterocycles. The molecule has 3 aromatic rings. The largest absolute Gasteiger partial charge is 0.399 e. The number of aryl methyl sites for hydroxylation is 2. The molecule has 4 nitrogen and oxygen atoms in total. The van der Waals surface area contributed by atoms with Crippen molar-refractivity contribution in [2.75, 3.05) is 25.9 Å². The maximum Gasteiger partial charge on any atom is 0.0707 e. The highest BCUT2D eigenvalue weighted by molar-refractivity contribution is 5.83. The average Bonchev–Trinajstić information content (AvgIpc) is 2.87. The first-order valence-electron chi connectivity index (χ1n) is 13.3. The van der Waals surface area contributed by atoms with Crippen LogP contribution in [-0.4, -0.2) is 30.0 Å². The Morgan fingerprint density at radius 1 is 1.06 bits per heavy atom. The minimum Gasteiger partial charge on any atom is -0.399 e.